The molecule has 2 unspecified atom stereocenters. The summed E-state index contributed by atoms with van der Waals surface area (Å²) in [4.78, 5) is 38.9. The van der Waals surface area contributed by atoms with Crippen LogP contribution in [0, 0.1) is 0 Å². The molecule has 0 fully saturated rings. The van der Waals surface area contributed by atoms with Crippen LogP contribution in [0.5, 0.6) is 0 Å². The molecule has 0 aromatic carbocycles. The molecule has 0 saturated heterocycles. The van der Waals surface area contributed by atoms with Crippen LogP contribution in [0.1, 0.15) is 12.8 Å². The first-order valence-electron chi connectivity index (χ1n) is 5.35. The number of hydrogen-bond acceptors (Lipinski definition) is 5. The lowest BCUT2D eigenvalue weighted by Crippen LogP contribution is -2.29. The molecule has 0 amide bonds. The fourth-order valence-corrected chi connectivity index (χ4v) is 2.20. The van der Waals surface area contributed by atoms with Crippen molar-refractivity contribution >= 4 is 19.8 Å². The second kappa shape index (κ2) is 6.19. The molecule has 0 heterocycles. The Hall–Kier alpha value is -1.67. The average molecular weight is 308 g/mol. The van der Waals surface area contributed by atoms with Gasteiger partial charge < -0.3 is 24.7 Å². The van der Waals surface area contributed by atoms with Gasteiger partial charge in [-0.15, -0.1) is 0 Å². The molecule has 112 valence electrons. The number of phosphoric ester groups is 1. The Morgan fingerprint density at radius 1 is 1.35 bits per heavy atom. The van der Waals surface area contributed by atoms with E-state index in [1.165, 1.54) is 0 Å². The second-order valence-electron chi connectivity index (χ2n) is 4.04. The zero-order valence-corrected chi connectivity index (χ0v) is 11.0. The van der Waals surface area contributed by atoms with Crippen molar-refractivity contribution in [3.05, 3.63) is 24.0 Å². The van der Waals surface area contributed by atoms with Crippen LogP contribution in [-0.2, 0) is 23.4 Å². The number of aliphatic carboxylic acids is 2. The van der Waals surface area contributed by atoms with Crippen LogP contribution < -0.4 is 0 Å². The topological polar surface area (TPSA) is 151 Å². The van der Waals surface area contributed by atoms with Crippen LogP contribution in [-0.4, -0.2) is 44.1 Å². The first kappa shape index (κ1) is 16.4. The fourth-order valence-electron chi connectivity index (χ4n) is 1.70. The van der Waals surface area contributed by atoms with Crippen LogP contribution in [0.4, 0.5) is 0 Å². The molecule has 0 spiro atoms. The highest BCUT2D eigenvalue weighted by atomic mass is 31.2. The van der Waals surface area contributed by atoms with Gasteiger partial charge in [0.05, 0.1) is 6.10 Å². The number of carbonyl (C=O) groups is 2. The number of hydrogen-bond donors (Lipinski definition) is 4. The molecule has 1 aliphatic carbocycles. The van der Waals surface area contributed by atoms with Crippen LogP contribution in [0.15, 0.2) is 24.0 Å². The van der Waals surface area contributed by atoms with Gasteiger partial charge in [-0.3, -0.25) is 4.52 Å². The van der Waals surface area contributed by atoms with Crippen LogP contribution in [0.3, 0.4) is 0 Å². The van der Waals surface area contributed by atoms with Gasteiger partial charge in [0.1, 0.15) is 6.10 Å². The molecule has 0 aromatic rings. The summed E-state index contributed by atoms with van der Waals surface area (Å²) >= 11 is 0. The van der Waals surface area contributed by atoms with Gasteiger partial charge in [0, 0.05) is 18.4 Å². The maximum atomic E-state index is 10.9. The van der Waals surface area contributed by atoms with E-state index in [0.717, 1.165) is 6.08 Å². The Morgan fingerprint density at radius 3 is 2.40 bits per heavy atom. The van der Waals surface area contributed by atoms with Gasteiger partial charge in [-0.1, -0.05) is 0 Å². The van der Waals surface area contributed by atoms with Crippen LogP contribution >= 0.6 is 7.82 Å². The van der Waals surface area contributed by atoms with E-state index in [2.05, 4.69) is 11.1 Å². The van der Waals surface area contributed by atoms with Crippen molar-refractivity contribution in [3.8, 4) is 0 Å². The van der Waals surface area contributed by atoms with Gasteiger partial charge in [0.25, 0.3) is 0 Å². The van der Waals surface area contributed by atoms with Gasteiger partial charge in [-0.2, -0.15) is 0 Å². The minimum atomic E-state index is -4.80. The first-order chi connectivity index (χ1) is 9.08. The summed E-state index contributed by atoms with van der Waals surface area (Å²) in [6.07, 6.45) is -1.27. The van der Waals surface area contributed by atoms with Crippen molar-refractivity contribution in [3.63, 3.8) is 0 Å². The lowest BCUT2D eigenvalue weighted by Gasteiger charge is -2.27. The van der Waals surface area contributed by atoms with Gasteiger partial charge >= 0.3 is 19.8 Å². The number of ether oxygens (including phenoxy) is 1. The smallest absolute Gasteiger partial charge is 0.470 e. The molecule has 4 N–H and O–H groups in total. The first-order valence-corrected chi connectivity index (χ1v) is 6.88. The Bertz CT molecular complexity index is 503. The highest BCUT2D eigenvalue weighted by Gasteiger charge is 2.32. The molecule has 10 heteroatoms. The zero-order chi connectivity index (χ0) is 15.5. The lowest BCUT2D eigenvalue weighted by molar-refractivity contribution is -0.138. The van der Waals surface area contributed by atoms with E-state index >= 15 is 0 Å². The molecule has 0 aromatic heterocycles. The van der Waals surface area contributed by atoms with Gasteiger partial charge in [0.2, 0.25) is 0 Å². The standard InChI is InChI=1S/C10H13O9P/c1-5(9(11)12)18-7-2-6(10(13)14)3-8(4-7)19-20(15,16)17/h3,7-8H,1-2,4H2,(H,11,12)(H,13,14)(H2,15,16,17). The van der Waals surface area contributed by atoms with Crippen molar-refractivity contribution in [2.24, 2.45) is 0 Å². The van der Waals surface area contributed by atoms with E-state index in [9.17, 15) is 14.2 Å². The Morgan fingerprint density at radius 2 is 1.95 bits per heavy atom. The highest BCUT2D eigenvalue weighted by Crippen LogP contribution is 2.40. The molecule has 1 rings (SSSR count). The third-order valence-electron chi connectivity index (χ3n) is 2.42. The van der Waals surface area contributed by atoms with Crippen molar-refractivity contribution in [1.82, 2.24) is 0 Å². The molecule has 9 nitrogen and oxygen atoms in total. The minimum Gasteiger partial charge on any atom is -0.483 e. The highest BCUT2D eigenvalue weighted by molar-refractivity contribution is 7.46. The van der Waals surface area contributed by atoms with Crippen molar-refractivity contribution < 1.29 is 43.4 Å². The number of rotatable bonds is 6. The predicted molar refractivity (Wildman–Crippen MR) is 63.5 cm³/mol. The Balaban J connectivity index is 2.85. The summed E-state index contributed by atoms with van der Waals surface area (Å²) in [5.41, 5.74) is -0.183. The monoisotopic (exact) mass is 308 g/mol. The quantitative estimate of drug-likeness (QED) is 0.307. The van der Waals surface area contributed by atoms with E-state index in [0.29, 0.717) is 0 Å². The van der Waals surface area contributed by atoms with Crippen molar-refractivity contribution in [2.75, 3.05) is 0 Å². The maximum absolute atomic E-state index is 10.9. The van der Waals surface area contributed by atoms with E-state index in [1.807, 2.05) is 0 Å². The average Bonchev–Trinajstić information content (AvgIpc) is 2.25. The molecule has 1 aliphatic rings. The normalized spacial score (nSPS) is 22.8. The van der Waals surface area contributed by atoms with E-state index < -0.39 is 37.7 Å². The molecule has 20 heavy (non-hydrogen) atoms. The van der Waals surface area contributed by atoms with Crippen LogP contribution in [0.25, 0.3) is 0 Å². The Kier molecular flexibility index (Phi) is 5.07. The molecule has 2 atom stereocenters. The third-order valence-corrected chi connectivity index (χ3v) is 2.97. The van der Waals surface area contributed by atoms with Crippen LogP contribution in [0.2, 0.25) is 0 Å². The minimum absolute atomic E-state index is 0.103. The summed E-state index contributed by atoms with van der Waals surface area (Å²) in [5.74, 6) is -3.31. The molecular formula is C10H13O9P. The zero-order valence-electron chi connectivity index (χ0n) is 10.1. The van der Waals surface area contributed by atoms with E-state index in [4.69, 9.17) is 24.7 Å². The second-order valence-corrected chi connectivity index (χ2v) is 5.23. The lowest BCUT2D eigenvalue weighted by atomic mass is 9.95. The number of phosphoric acid groups is 1. The molecule has 0 radical (unpaired) electrons. The van der Waals surface area contributed by atoms with Gasteiger partial charge in [0.15, 0.2) is 5.76 Å². The fraction of sp³-hybridized carbons (Fsp3) is 0.400. The summed E-state index contributed by atoms with van der Waals surface area (Å²) in [7, 11) is -4.80. The van der Waals surface area contributed by atoms with Gasteiger partial charge in [-0.05, 0) is 12.7 Å². The number of carboxylic acids is 2. The molecule has 0 saturated carbocycles. The SMILES string of the molecule is C=C(OC1CC(C(=O)O)=CC(OP(=O)(O)O)C1)C(=O)O. The largest absolute Gasteiger partial charge is 0.483 e. The summed E-state index contributed by atoms with van der Waals surface area (Å²) in [6, 6.07) is 0. The third kappa shape index (κ3) is 5.14. The summed E-state index contributed by atoms with van der Waals surface area (Å²) < 4.78 is 20.1. The molecule has 0 aliphatic heterocycles. The molecule has 0 bridgehead atoms. The molecular weight excluding hydrogens is 295 g/mol. The summed E-state index contributed by atoms with van der Waals surface area (Å²) in [6.45, 7) is 3.13. The predicted octanol–water partition coefficient (Wildman–Crippen LogP) is 0.253. The maximum Gasteiger partial charge on any atom is 0.470 e. The van der Waals surface area contributed by atoms with Crippen molar-refractivity contribution in [2.45, 2.75) is 25.0 Å². The van der Waals surface area contributed by atoms with E-state index in [-0.39, 0.29) is 18.4 Å². The Labute approximate surface area is 113 Å². The number of carboxylic acid groups (broad SMARTS) is 2. The summed E-state index contributed by atoms with van der Waals surface area (Å²) in [5, 5.41) is 17.5. The van der Waals surface area contributed by atoms with E-state index in [1.54, 1.807) is 0 Å². The van der Waals surface area contributed by atoms with Gasteiger partial charge in [-0.25, -0.2) is 14.2 Å². The van der Waals surface area contributed by atoms with Crippen molar-refractivity contribution in [1.29, 1.82) is 0 Å².